The van der Waals surface area contributed by atoms with Crippen molar-refractivity contribution in [1.29, 1.82) is 0 Å². The summed E-state index contributed by atoms with van der Waals surface area (Å²) in [5.74, 6) is 1.06. The van der Waals surface area contributed by atoms with Crippen molar-refractivity contribution in [3.8, 4) is 11.5 Å². The lowest BCUT2D eigenvalue weighted by Crippen LogP contribution is -2.27. The summed E-state index contributed by atoms with van der Waals surface area (Å²) in [6.45, 7) is 4.45. The predicted octanol–water partition coefficient (Wildman–Crippen LogP) is 5.42. The number of nitrogens with zero attached hydrogens (tertiary/aromatic N) is 1. The Morgan fingerprint density at radius 2 is 2.00 bits per heavy atom. The van der Waals surface area contributed by atoms with Crippen LogP contribution in [0.5, 0.6) is 11.5 Å². The van der Waals surface area contributed by atoms with Gasteiger partial charge in [-0.05, 0) is 29.8 Å². The molecular weight excluding hydrogens is 458 g/mol. The fourth-order valence-electron chi connectivity index (χ4n) is 2.63. The van der Waals surface area contributed by atoms with E-state index in [2.05, 4.69) is 22.5 Å². The first-order chi connectivity index (χ1) is 13.5. The third-order valence-electron chi connectivity index (χ3n) is 4.00. The summed E-state index contributed by atoms with van der Waals surface area (Å²) in [5, 5.41) is 0. The first-order valence-electron chi connectivity index (χ1n) is 8.44. The fourth-order valence-corrected chi connectivity index (χ4v) is 4.16. The highest BCUT2D eigenvalue weighted by molar-refractivity contribution is 9.10. The van der Waals surface area contributed by atoms with Crippen LogP contribution in [0.25, 0.3) is 6.08 Å². The SMILES string of the molecule is C=CCN1C(=O)C(=Cc2cccc(OC)c2OCc2ccc(Br)cc2)SC1=S. The first-order valence-corrected chi connectivity index (χ1v) is 10.5. The lowest BCUT2D eigenvalue weighted by Gasteiger charge is -2.14. The summed E-state index contributed by atoms with van der Waals surface area (Å²) in [4.78, 5) is 14.7. The molecule has 3 rings (SSSR count). The van der Waals surface area contributed by atoms with Crippen molar-refractivity contribution in [2.75, 3.05) is 13.7 Å². The van der Waals surface area contributed by atoms with Gasteiger partial charge in [0.2, 0.25) is 0 Å². The molecule has 0 atom stereocenters. The molecule has 4 nitrogen and oxygen atoms in total. The predicted molar refractivity (Wildman–Crippen MR) is 122 cm³/mol. The minimum absolute atomic E-state index is 0.128. The standard InChI is InChI=1S/C21H18BrNO3S2/c1-3-11-23-20(24)18(28-21(23)27)12-15-5-4-6-17(25-2)19(15)26-13-14-7-9-16(22)10-8-14/h3-10,12H,1,11,13H2,2H3. The summed E-state index contributed by atoms with van der Waals surface area (Å²) in [6.07, 6.45) is 3.45. The lowest BCUT2D eigenvalue weighted by atomic mass is 10.1. The van der Waals surface area contributed by atoms with E-state index in [4.69, 9.17) is 21.7 Å². The number of para-hydroxylation sites is 1. The monoisotopic (exact) mass is 475 g/mol. The number of ether oxygens (including phenoxy) is 2. The van der Waals surface area contributed by atoms with Crippen molar-refractivity contribution < 1.29 is 14.3 Å². The van der Waals surface area contributed by atoms with Crippen LogP contribution in [-0.4, -0.2) is 28.8 Å². The van der Waals surface area contributed by atoms with Gasteiger partial charge in [-0.1, -0.05) is 70.3 Å². The highest BCUT2D eigenvalue weighted by atomic mass is 79.9. The number of benzene rings is 2. The van der Waals surface area contributed by atoms with E-state index < -0.39 is 0 Å². The zero-order chi connectivity index (χ0) is 20.1. The van der Waals surface area contributed by atoms with Crippen LogP contribution in [0.1, 0.15) is 11.1 Å². The maximum Gasteiger partial charge on any atom is 0.266 e. The zero-order valence-corrected chi connectivity index (χ0v) is 18.4. The van der Waals surface area contributed by atoms with Crippen molar-refractivity contribution in [1.82, 2.24) is 4.90 Å². The Bertz CT molecular complexity index is 941. The van der Waals surface area contributed by atoms with E-state index in [-0.39, 0.29) is 5.91 Å². The summed E-state index contributed by atoms with van der Waals surface area (Å²) in [6, 6.07) is 13.5. The molecule has 1 fully saturated rings. The van der Waals surface area contributed by atoms with Gasteiger partial charge in [-0.15, -0.1) is 6.58 Å². The highest BCUT2D eigenvalue weighted by Crippen LogP contribution is 2.37. The average molecular weight is 476 g/mol. The van der Waals surface area contributed by atoms with Crippen molar-refractivity contribution in [2.45, 2.75) is 6.61 Å². The first kappa shape index (κ1) is 20.6. The Hall–Kier alpha value is -2.09. The van der Waals surface area contributed by atoms with E-state index in [1.165, 1.54) is 16.7 Å². The molecule has 0 aromatic heterocycles. The number of hydrogen-bond acceptors (Lipinski definition) is 5. The Labute approximate surface area is 182 Å². The highest BCUT2D eigenvalue weighted by Gasteiger charge is 2.31. The molecule has 0 unspecified atom stereocenters. The van der Waals surface area contributed by atoms with E-state index >= 15 is 0 Å². The van der Waals surface area contributed by atoms with Gasteiger partial charge in [-0.3, -0.25) is 9.69 Å². The number of thioether (sulfide) groups is 1. The number of amides is 1. The van der Waals surface area contributed by atoms with Gasteiger partial charge in [-0.25, -0.2) is 0 Å². The van der Waals surface area contributed by atoms with Crippen molar-refractivity contribution >= 4 is 56.2 Å². The van der Waals surface area contributed by atoms with Crippen LogP contribution in [-0.2, 0) is 11.4 Å². The van der Waals surface area contributed by atoms with Crippen molar-refractivity contribution in [3.05, 3.63) is 75.6 Å². The Kier molecular flexibility index (Phi) is 6.93. The number of halogens is 1. The third kappa shape index (κ3) is 4.66. The van der Waals surface area contributed by atoms with E-state index in [1.54, 1.807) is 19.3 Å². The van der Waals surface area contributed by atoms with E-state index in [0.29, 0.717) is 33.9 Å². The van der Waals surface area contributed by atoms with Crippen molar-refractivity contribution in [2.24, 2.45) is 0 Å². The topological polar surface area (TPSA) is 38.8 Å². The molecule has 2 aromatic carbocycles. The van der Waals surface area contributed by atoms with Crippen LogP contribution >= 0.6 is 39.9 Å². The summed E-state index contributed by atoms with van der Waals surface area (Å²) >= 11 is 10.0. The molecule has 0 radical (unpaired) electrons. The zero-order valence-electron chi connectivity index (χ0n) is 15.2. The normalized spacial score (nSPS) is 15.2. The van der Waals surface area contributed by atoms with Crippen molar-refractivity contribution in [3.63, 3.8) is 0 Å². The van der Waals surface area contributed by atoms with Crippen LogP contribution in [0.2, 0.25) is 0 Å². The third-order valence-corrected chi connectivity index (χ3v) is 5.90. The van der Waals surface area contributed by atoms with Gasteiger partial charge in [0.1, 0.15) is 10.9 Å². The maximum absolute atomic E-state index is 12.6. The molecule has 0 N–H and O–H groups in total. The number of hydrogen-bond donors (Lipinski definition) is 0. The lowest BCUT2D eigenvalue weighted by molar-refractivity contribution is -0.121. The molecule has 7 heteroatoms. The Balaban J connectivity index is 1.89. The summed E-state index contributed by atoms with van der Waals surface area (Å²) in [7, 11) is 1.59. The molecule has 0 bridgehead atoms. The second-order valence-corrected chi connectivity index (χ2v) is 8.47. The fraction of sp³-hybridized carbons (Fsp3) is 0.143. The van der Waals surface area contributed by atoms with E-state index in [1.807, 2.05) is 42.5 Å². The minimum atomic E-state index is -0.128. The Morgan fingerprint density at radius 1 is 1.25 bits per heavy atom. The summed E-state index contributed by atoms with van der Waals surface area (Å²) < 4.78 is 13.1. The molecule has 2 aromatic rings. The smallest absolute Gasteiger partial charge is 0.266 e. The minimum Gasteiger partial charge on any atom is -0.493 e. The van der Waals surface area contributed by atoms with Gasteiger partial charge in [0.25, 0.3) is 5.91 Å². The van der Waals surface area contributed by atoms with Gasteiger partial charge in [0, 0.05) is 16.6 Å². The van der Waals surface area contributed by atoms with Gasteiger partial charge in [0.15, 0.2) is 11.5 Å². The molecule has 1 saturated heterocycles. The molecule has 0 aliphatic carbocycles. The Morgan fingerprint density at radius 3 is 2.68 bits per heavy atom. The number of carbonyl (C=O) groups excluding carboxylic acids is 1. The van der Waals surface area contributed by atoms with Crippen LogP contribution in [0.15, 0.2) is 64.5 Å². The number of carbonyl (C=O) groups is 1. The molecular formula is C21H18BrNO3S2. The molecule has 0 spiro atoms. The average Bonchev–Trinajstić information content (AvgIpc) is 2.96. The van der Waals surface area contributed by atoms with E-state index in [9.17, 15) is 4.79 Å². The second-order valence-electron chi connectivity index (χ2n) is 5.87. The van der Waals surface area contributed by atoms with Crippen LogP contribution < -0.4 is 9.47 Å². The van der Waals surface area contributed by atoms with Crippen LogP contribution in [0.3, 0.4) is 0 Å². The molecule has 1 aliphatic rings. The number of methoxy groups -OCH3 is 1. The van der Waals surface area contributed by atoms with Gasteiger partial charge < -0.3 is 9.47 Å². The van der Waals surface area contributed by atoms with Gasteiger partial charge in [0.05, 0.1) is 12.0 Å². The molecule has 28 heavy (non-hydrogen) atoms. The summed E-state index contributed by atoms with van der Waals surface area (Å²) in [5.41, 5.74) is 1.79. The number of thiocarbonyl (C=S) groups is 1. The molecule has 1 heterocycles. The molecule has 144 valence electrons. The maximum atomic E-state index is 12.6. The van der Waals surface area contributed by atoms with Gasteiger partial charge in [-0.2, -0.15) is 0 Å². The largest absolute Gasteiger partial charge is 0.493 e. The van der Waals surface area contributed by atoms with Gasteiger partial charge >= 0.3 is 0 Å². The van der Waals surface area contributed by atoms with Crippen LogP contribution in [0.4, 0.5) is 0 Å². The number of rotatable bonds is 7. The second kappa shape index (κ2) is 9.41. The quantitative estimate of drug-likeness (QED) is 0.303. The molecule has 1 aliphatic heterocycles. The molecule has 0 saturated carbocycles. The molecule has 1 amide bonds. The van der Waals surface area contributed by atoms with Crippen LogP contribution in [0, 0.1) is 0 Å². The van der Waals surface area contributed by atoms with E-state index in [0.717, 1.165) is 15.6 Å².